The van der Waals surface area contributed by atoms with Crippen LogP contribution in [0, 0.1) is 11.8 Å². The first-order valence-corrected chi connectivity index (χ1v) is 8.63. The average Bonchev–Trinajstić information content (AvgIpc) is 2.71. The molecule has 0 aliphatic carbocycles. The van der Waals surface area contributed by atoms with Crippen molar-refractivity contribution in [3.05, 3.63) is 101 Å². The molecule has 0 bridgehead atoms. The van der Waals surface area contributed by atoms with E-state index in [-0.39, 0.29) is 5.56 Å². The monoisotopic (exact) mass is 392 g/mol. The molecule has 0 aliphatic heterocycles. The number of allylic oxidation sites excluding steroid dienone is 1. The van der Waals surface area contributed by atoms with Gasteiger partial charge in [-0.05, 0) is 65.2 Å². The molecule has 0 aliphatic rings. The van der Waals surface area contributed by atoms with E-state index in [1.54, 1.807) is 24.3 Å². The number of hydrogen-bond acceptors (Lipinski definition) is 1. The summed E-state index contributed by atoms with van der Waals surface area (Å²) in [6.07, 6.45) is -0.935. The average molecular weight is 392 g/mol. The van der Waals surface area contributed by atoms with Crippen LogP contribution in [0.4, 0.5) is 13.2 Å². The summed E-state index contributed by atoms with van der Waals surface area (Å²) >= 11 is 0. The number of hydrogen-bond donors (Lipinski definition) is 1. The predicted octanol–water partition coefficient (Wildman–Crippen LogP) is 6.14. The van der Waals surface area contributed by atoms with Crippen LogP contribution in [0.15, 0.2) is 78.9 Å². The maximum absolute atomic E-state index is 12.8. The van der Waals surface area contributed by atoms with Gasteiger partial charge in [-0.15, -0.1) is 0 Å². The van der Waals surface area contributed by atoms with Gasteiger partial charge in [0.05, 0.1) is 11.1 Å². The summed E-state index contributed by atoms with van der Waals surface area (Å²) in [4.78, 5) is 10.8. The predicted molar refractivity (Wildman–Crippen MR) is 106 cm³/mol. The third kappa shape index (κ3) is 5.14. The first kappa shape index (κ1) is 20.0. The lowest BCUT2D eigenvalue weighted by Crippen LogP contribution is -2.04. The maximum Gasteiger partial charge on any atom is 0.416 e. The number of carbonyl (C=O) groups is 1. The second-order valence-electron chi connectivity index (χ2n) is 6.15. The Kier molecular flexibility index (Phi) is 5.85. The molecule has 0 unspecified atom stereocenters. The molecule has 29 heavy (non-hydrogen) atoms. The van der Waals surface area contributed by atoms with Crippen LogP contribution in [0.25, 0.3) is 17.2 Å². The molecule has 0 heterocycles. The van der Waals surface area contributed by atoms with Crippen LogP contribution < -0.4 is 0 Å². The van der Waals surface area contributed by atoms with Crippen LogP contribution in [0.2, 0.25) is 0 Å². The molecule has 3 rings (SSSR count). The molecule has 3 aromatic rings. The standard InChI is InChI=1S/C24H15F3O2/c25-24(26,27)21-15-13-19(14-16-21)22-8-4-3-7-18(22)6-2-1-5-17-9-11-20(12-10-17)23(28)29/h2-4,6-16H,(H,28,29). The van der Waals surface area contributed by atoms with E-state index in [1.807, 2.05) is 24.3 Å². The van der Waals surface area contributed by atoms with Crippen LogP contribution in [-0.2, 0) is 6.18 Å². The van der Waals surface area contributed by atoms with Gasteiger partial charge in [-0.25, -0.2) is 4.79 Å². The highest BCUT2D eigenvalue weighted by molar-refractivity contribution is 5.87. The van der Waals surface area contributed by atoms with Gasteiger partial charge in [0.2, 0.25) is 0 Å². The zero-order valence-corrected chi connectivity index (χ0v) is 15.1. The summed E-state index contributed by atoms with van der Waals surface area (Å²) in [6.45, 7) is 0. The van der Waals surface area contributed by atoms with Crippen molar-refractivity contribution in [2.24, 2.45) is 0 Å². The van der Waals surface area contributed by atoms with Gasteiger partial charge in [-0.3, -0.25) is 0 Å². The highest BCUT2D eigenvalue weighted by atomic mass is 19.4. The van der Waals surface area contributed by atoms with E-state index in [0.717, 1.165) is 23.3 Å². The number of carboxylic acids is 1. The molecule has 0 amide bonds. The largest absolute Gasteiger partial charge is 0.478 e. The van der Waals surface area contributed by atoms with Gasteiger partial charge in [0, 0.05) is 5.56 Å². The Morgan fingerprint density at radius 2 is 1.55 bits per heavy atom. The van der Waals surface area contributed by atoms with Gasteiger partial charge in [-0.2, -0.15) is 13.2 Å². The summed E-state index contributed by atoms with van der Waals surface area (Å²) < 4.78 is 38.3. The quantitative estimate of drug-likeness (QED) is 0.544. The molecule has 0 atom stereocenters. The third-order valence-electron chi connectivity index (χ3n) is 4.18. The van der Waals surface area contributed by atoms with Crippen molar-refractivity contribution in [3.63, 3.8) is 0 Å². The summed E-state index contributed by atoms with van der Waals surface area (Å²) in [6, 6.07) is 18.6. The van der Waals surface area contributed by atoms with E-state index in [2.05, 4.69) is 11.8 Å². The lowest BCUT2D eigenvalue weighted by Gasteiger charge is -2.09. The minimum absolute atomic E-state index is 0.191. The molecule has 0 saturated carbocycles. The number of halogens is 3. The number of alkyl halides is 3. The molecular formula is C24H15F3O2. The first-order chi connectivity index (χ1) is 13.8. The van der Waals surface area contributed by atoms with Crippen molar-refractivity contribution in [3.8, 4) is 23.0 Å². The van der Waals surface area contributed by atoms with Gasteiger partial charge in [0.1, 0.15) is 0 Å². The third-order valence-corrected chi connectivity index (χ3v) is 4.18. The Hall–Kier alpha value is -3.78. The Morgan fingerprint density at radius 3 is 2.17 bits per heavy atom. The number of rotatable bonds is 3. The summed E-state index contributed by atoms with van der Waals surface area (Å²) in [5, 5.41) is 8.89. The van der Waals surface area contributed by atoms with E-state index in [9.17, 15) is 18.0 Å². The van der Waals surface area contributed by atoms with Crippen molar-refractivity contribution in [1.82, 2.24) is 0 Å². The van der Waals surface area contributed by atoms with E-state index in [1.165, 1.54) is 24.3 Å². The van der Waals surface area contributed by atoms with Crippen molar-refractivity contribution >= 4 is 12.0 Å². The van der Waals surface area contributed by atoms with E-state index in [0.29, 0.717) is 11.1 Å². The summed E-state index contributed by atoms with van der Waals surface area (Å²) in [5.74, 6) is 4.79. The fraction of sp³-hybridized carbons (Fsp3) is 0.0417. The number of benzene rings is 3. The molecule has 0 radical (unpaired) electrons. The zero-order valence-electron chi connectivity index (χ0n) is 15.1. The van der Waals surface area contributed by atoms with Crippen molar-refractivity contribution < 1.29 is 23.1 Å². The molecule has 0 aromatic heterocycles. The smallest absolute Gasteiger partial charge is 0.416 e. The second-order valence-corrected chi connectivity index (χ2v) is 6.15. The minimum Gasteiger partial charge on any atom is -0.478 e. The molecule has 3 aromatic carbocycles. The SMILES string of the molecule is O=C(O)c1ccc(C#CC=Cc2ccccc2-c2ccc(C(F)(F)F)cc2)cc1. The highest BCUT2D eigenvalue weighted by Crippen LogP contribution is 2.32. The Morgan fingerprint density at radius 1 is 0.897 bits per heavy atom. The molecule has 5 heteroatoms. The molecular weight excluding hydrogens is 377 g/mol. The minimum atomic E-state index is -4.36. The summed E-state index contributed by atoms with van der Waals surface area (Å²) in [5.41, 5.74) is 2.48. The lowest BCUT2D eigenvalue weighted by molar-refractivity contribution is -0.137. The van der Waals surface area contributed by atoms with Crippen LogP contribution >= 0.6 is 0 Å². The zero-order chi connectivity index (χ0) is 20.9. The molecule has 0 spiro atoms. The van der Waals surface area contributed by atoms with Crippen molar-refractivity contribution in [1.29, 1.82) is 0 Å². The topological polar surface area (TPSA) is 37.3 Å². The van der Waals surface area contributed by atoms with Gasteiger partial charge >= 0.3 is 12.1 Å². The normalized spacial score (nSPS) is 11.1. The number of aromatic carboxylic acids is 1. The molecule has 0 fully saturated rings. The summed E-state index contributed by atoms with van der Waals surface area (Å²) in [7, 11) is 0. The molecule has 0 saturated heterocycles. The fourth-order valence-electron chi connectivity index (χ4n) is 2.70. The van der Waals surface area contributed by atoms with Crippen LogP contribution in [0.1, 0.15) is 27.0 Å². The van der Waals surface area contributed by atoms with Crippen molar-refractivity contribution in [2.45, 2.75) is 6.18 Å². The van der Waals surface area contributed by atoms with E-state index in [4.69, 9.17) is 5.11 Å². The van der Waals surface area contributed by atoms with Gasteiger partial charge in [0.15, 0.2) is 0 Å². The van der Waals surface area contributed by atoms with E-state index >= 15 is 0 Å². The maximum atomic E-state index is 12.8. The van der Waals surface area contributed by atoms with Gasteiger partial charge in [0.25, 0.3) is 0 Å². The van der Waals surface area contributed by atoms with Crippen LogP contribution in [-0.4, -0.2) is 11.1 Å². The van der Waals surface area contributed by atoms with Crippen LogP contribution in [0.5, 0.6) is 0 Å². The Labute approximate surface area is 165 Å². The molecule has 144 valence electrons. The fourth-order valence-corrected chi connectivity index (χ4v) is 2.70. The molecule has 1 N–H and O–H groups in total. The number of carboxylic acid groups (broad SMARTS) is 1. The van der Waals surface area contributed by atoms with Gasteiger partial charge in [-0.1, -0.05) is 48.2 Å². The molecule has 2 nitrogen and oxygen atoms in total. The van der Waals surface area contributed by atoms with Gasteiger partial charge < -0.3 is 5.11 Å². The van der Waals surface area contributed by atoms with Crippen molar-refractivity contribution in [2.75, 3.05) is 0 Å². The second kappa shape index (κ2) is 8.49. The highest BCUT2D eigenvalue weighted by Gasteiger charge is 2.29. The first-order valence-electron chi connectivity index (χ1n) is 8.63. The Balaban J connectivity index is 1.80. The van der Waals surface area contributed by atoms with Crippen LogP contribution in [0.3, 0.4) is 0 Å². The van der Waals surface area contributed by atoms with E-state index < -0.39 is 17.7 Å². The lowest BCUT2D eigenvalue weighted by atomic mass is 9.98. The Bertz CT molecular complexity index is 1100.